The number of rotatable bonds is 2. The van der Waals surface area contributed by atoms with E-state index in [9.17, 15) is 4.79 Å². The van der Waals surface area contributed by atoms with Crippen molar-refractivity contribution in [2.45, 2.75) is 26.3 Å². The molecule has 98 valence electrons. The van der Waals surface area contributed by atoms with E-state index in [-0.39, 0.29) is 11.4 Å². The first kappa shape index (κ1) is 12.9. The Morgan fingerprint density at radius 1 is 1.44 bits per heavy atom. The van der Waals surface area contributed by atoms with Gasteiger partial charge in [-0.1, -0.05) is 6.07 Å². The van der Waals surface area contributed by atoms with Gasteiger partial charge in [-0.2, -0.15) is 0 Å². The van der Waals surface area contributed by atoms with Crippen molar-refractivity contribution in [3.8, 4) is 0 Å². The molecule has 0 radical (unpaired) electrons. The largest absolute Gasteiger partial charge is 0.366 e. The SMILES string of the molecule is Cc1ccc(C(N)=O)c(N2CCNCC2(C)C)c1. The van der Waals surface area contributed by atoms with E-state index in [1.807, 2.05) is 25.1 Å². The molecule has 4 heteroatoms. The van der Waals surface area contributed by atoms with Crippen molar-refractivity contribution in [1.82, 2.24) is 5.32 Å². The van der Waals surface area contributed by atoms with Crippen LogP contribution < -0.4 is 16.0 Å². The predicted octanol–water partition coefficient (Wildman–Crippen LogP) is 1.28. The molecule has 1 aromatic carbocycles. The van der Waals surface area contributed by atoms with Crippen molar-refractivity contribution < 1.29 is 4.79 Å². The highest BCUT2D eigenvalue weighted by molar-refractivity contribution is 5.99. The summed E-state index contributed by atoms with van der Waals surface area (Å²) in [7, 11) is 0. The normalized spacial score (nSPS) is 18.7. The molecule has 2 rings (SSSR count). The number of amides is 1. The molecular formula is C14H21N3O. The molecule has 0 spiro atoms. The van der Waals surface area contributed by atoms with Crippen LogP contribution in [-0.2, 0) is 0 Å². The zero-order valence-corrected chi connectivity index (χ0v) is 11.3. The van der Waals surface area contributed by atoms with E-state index in [1.165, 1.54) is 0 Å². The Labute approximate surface area is 108 Å². The molecule has 0 aromatic heterocycles. The van der Waals surface area contributed by atoms with Gasteiger partial charge in [0.05, 0.1) is 11.3 Å². The van der Waals surface area contributed by atoms with Crippen molar-refractivity contribution in [3.63, 3.8) is 0 Å². The summed E-state index contributed by atoms with van der Waals surface area (Å²) < 4.78 is 0. The summed E-state index contributed by atoms with van der Waals surface area (Å²) in [6.45, 7) is 9.09. The summed E-state index contributed by atoms with van der Waals surface area (Å²) >= 11 is 0. The zero-order valence-electron chi connectivity index (χ0n) is 11.3. The third-order valence-corrected chi connectivity index (χ3v) is 3.51. The summed E-state index contributed by atoms with van der Waals surface area (Å²) in [5.41, 5.74) is 8.16. The van der Waals surface area contributed by atoms with E-state index in [2.05, 4.69) is 24.1 Å². The van der Waals surface area contributed by atoms with Crippen molar-refractivity contribution in [2.24, 2.45) is 5.73 Å². The van der Waals surface area contributed by atoms with Gasteiger partial charge in [0, 0.05) is 25.2 Å². The lowest BCUT2D eigenvalue weighted by atomic mass is 9.96. The van der Waals surface area contributed by atoms with Gasteiger partial charge in [0.1, 0.15) is 0 Å². The average Bonchev–Trinajstić information content (AvgIpc) is 2.27. The summed E-state index contributed by atoms with van der Waals surface area (Å²) in [5.74, 6) is -0.362. The molecule has 1 saturated heterocycles. The fourth-order valence-electron chi connectivity index (χ4n) is 2.50. The summed E-state index contributed by atoms with van der Waals surface area (Å²) in [6.07, 6.45) is 0. The number of hydrogen-bond acceptors (Lipinski definition) is 3. The Balaban J connectivity index is 2.48. The minimum absolute atomic E-state index is 0.0176. The second-order valence-corrected chi connectivity index (χ2v) is 5.53. The van der Waals surface area contributed by atoms with Crippen LogP contribution in [0.15, 0.2) is 18.2 Å². The summed E-state index contributed by atoms with van der Waals surface area (Å²) in [4.78, 5) is 13.8. The molecule has 0 unspecified atom stereocenters. The quantitative estimate of drug-likeness (QED) is 0.827. The van der Waals surface area contributed by atoms with E-state index in [1.54, 1.807) is 0 Å². The second kappa shape index (κ2) is 4.61. The minimum Gasteiger partial charge on any atom is -0.366 e. The van der Waals surface area contributed by atoms with Crippen molar-refractivity contribution in [3.05, 3.63) is 29.3 Å². The van der Waals surface area contributed by atoms with Crippen LogP contribution in [0.4, 0.5) is 5.69 Å². The number of nitrogens with two attached hydrogens (primary N) is 1. The van der Waals surface area contributed by atoms with E-state index < -0.39 is 0 Å². The Bertz CT molecular complexity index is 468. The van der Waals surface area contributed by atoms with Crippen LogP contribution in [-0.4, -0.2) is 31.1 Å². The van der Waals surface area contributed by atoms with Crippen LogP contribution in [0.25, 0.3) is 0 Å². The third-order valence-electron chi connectivity index (χ3n) is 3.51. The molecule has 0 saturated carbocycles. The van der Waals surface area contributed by atoms with Crippen LogP contribution in [0.5, 0.6) is 0 Å². The molecule has 1 aromatic rings. The first-order chi connectivity index (χ1) is 8.42. The Kier molecular flexibility index (Phi) is 3.30. The number of nitrogens with zero attached hydrogens (tertiary/aromatic N) is 1. The van der Waals surface area contributed by atoms with Gasteiger partial charge < -0.3 is 16.0 Å². The Hall–Kier alpha value is -1.55. The molecule has 0 aliphatic carbocycles. The number of primary amides is 1. The molecular weight excluding hydrogens is 226 g/mol. The van der Waals surface area contributed by atoms with Crippen molar-refractivity contribution in [1.29, 1.82) is 0 Å². The van der Waals surface area contributed by atoms with Crippen LogP contribution >= 0.6 is 0 Å². The molecule has 4 nitrogen and oxygen atoms in total. The van der Waals surface area contributed by atoms with Gasteiger partial charge in [-0.3, -0.25) is 4.79 Å². The number of hydrogen-bond donors (Lipinski definition) is 2. The number of nitrogens with one attached hydrogen (secondary N) is 1. The fraction of sp³-hybridized carbons (Fsp3) is 0.500. The van der Waals surface area contributed by atoms with Gasteiger partial charge in [0.15, 0.2) is 0 Å². The van der Waals surface area contributed by atoms with Gasteiger partial charge in [-0.05, 0) is 38.5 Å². The lowest BCUT2D eigenvalue weighted by molar-refractivity contribution is 0.100. The molecule has 1 aliphatic rings. The van der Waals surface area contributed by atoms with Gasteiger partial charge in [-0.25, -0.2) is 0 Å². The maximum atomic E-state index is 11.6. The highest BCUT2D eigenvalue weighted by Gasteiger charge is 2.31. The predicted molar refractivity (Wildman–Crippen MR) is 74.0 cm³/mol. The van der Waals surface area contributed by atoms with E-state index >= 15 is 0 Å². The smallest absolute Gasteiger partial charge is 0.250 e. The van der Waals surface area contributed by atoms with Gasteiger partial charge >= 0.3 is 0 Å². The molecule has 18 heavy (non-hydrogen) atoms. The summed E-state index contributed by atoms with van der Waals surface area (Å²) in [5, 5.41) is 3.38. The molecule has 1 aliphatic heterocycles. The third kappa shape index (κ3) is 2.34. The topological polar surface area (TPSA) is 58.4 Å². The van der Waals surface area contributed by atoms with Gasteiger partial charge in [-0.15, -0.1) is 0 Å². The number of benzene rings is 1. The second-order valence-electron chi connectivity index (χ2n) is 5.53. The van der Waals surface area contributed by atoms with Crippen LogP contribution in [0, 0.1) is 6.92 Å². The van der Waals surface area contributed by atoms with E-state index in [0.29, 0.717) is 5.56 Å². The monoisotopic (exact) mass is 247 g/mol. The first-order valence-corrected chi connectivity index (χ1v) is 6.30. The van der Waals surface area contributed by atoms with Crippen LogP contribution in [0.2, 0.25) is 0 Å². The van der Waals surface area contributed by atoms with Gasteiger partial charge in [0.2, 0.25) is 0 Å². The van der Waals surface area contributed by atoms with E-state index in [0.717, 1.165) is 30.9 Å². The zero-order chi connectivity index (χ0) is 13.3. The number of carbonyl (C=O) groups is 1. The van der Waals surface area contributed by atoms with Gasteiger partial charge in [0.25, 0.3) is 5.91 Å². The highest BCUT2D eigenvalue weighted by atomic mass is 16.1. The molecule has 3 N–H and O–H groups in total. The fourth-order valence-corrected chi connectivity index (χ4v) is 2.50. The average molecular weight is 247 g/mol. The maximum absolute atomic E-state index is 11.6. The standard InChI is InChI=1S/C14H21N3O/c1-10-4-5-11(13(15)18)12(8-10)17-7-6-16-9-14(17,2)3/h4-5,8,16H,6-7,9H2,1-3H3,(H2,15,18). The van der Waals surface area contributed by atoms with Crippen molar-refractivity contribution >= 4 is 11.6 Å². The highest BCUT2D eigenvalue weighted by Crippen LogP contribution is 2.29. The number of anilines is 1. The lowest BCUT2D eigenvalue weighted by Gasteiger charge is -2.45. The van der Waals surface area contributed by atoms with Crippen molar-refractivity contribution in [2.75, 3.05) is 24.5 Å². The van der Waals surface area contributed by atoms with E-state index in [4.69, 9.17) is 5.73 Å². The first-order valence-electron chi connectivity index (χ1n) is 6.30. The Morgan fingerprint density at radius 2 is 2.17 bits per heavy atom. The number of aryl methyl sites for hydroxylation is 1. The summed E-state index contributed by atoms with van der Waals surface area (Å²) in [6, 6.07) is 5.80. The van der Waals surface area contributed by atoms with Crippen LogP contribution in [0.3, 0.4) is 0 Å². The molecule has 0 bridgehead atoms. The molecule has 0 atom stereocenters. The number of piperazine rings is 1. The molecule has 1 amide bonds. The Morgan fingerprint density at radius 3 is 2.78 bits per heavy atom. The number of carbonyl (C=O) groups excluding carboxylic acids is 1. The molecule has 1 heterocycles. The van der Waals surface area contributed by atoms with Crippen LogP contribution in [0.1, 0.15) is 29.8 Å². The maximum Gasteiger partial charge on any atom is 0.250 e. The lowest BCUT2D eigenvalue weighted by Crippen LogP contribution is -2.58. The molecule has 1 fully saturated rings. The minimum atomic E-state index is -0.362.